The largest absolute Gasteiger partial charge is 0.444 e. The van der Waals surface area contributed by atoms with Gasteiger partial charge in [0.2, 0.25) is 5.89 Å². The molecule has 1 aliphatic heterocycles. The van der Waals surface area contributed by atoms with Crippen LogP contribution < -0.4 is 16.0 Å². The van der Waals surface area contributed by atoms with Gasteiger partial charge in [-0.15, -0.1) is 0 Å². The van der Waals surface area contributed by atoms with Gasteiger partial charge in [-0.05, 0) is 90.3 Å². The summed E-state index contributed by atoms with van der Waals surface area (Å²) in [5.41, 5.74) is 4.03. The number of hydrogen-bond acceptors (Lipinski definition) is 8. The molecule has 5 aromatic rings. The number of aromatic nitrogens is 4. The maximum atomic E-state index is 13.2. The first-order chi connectivity index (χ1) is 23.7. The molecule has 12 nitrogen and oxygen atoms in total. The van der Waals surface area contributed by atoms with Crippen molar-refractivity contribution in [1.29, 1.82) is 0 Å². The van der Waals surface area contributed by atoms with Crippen LogP contribution >= 0.6 is 0 Å². The molecule has 3 N–H and O–H groups in total. The molecular weight excluding hydrogens is 639 g/mol. The van der Waals surface area contributed by atoms with Crippen LogP contribution in [0.5, 0.6) is 0 Å². The Labute approximate surface area is 290 Å². The number of hydrogen-bond donors (Lipinski definition) is 3. The number of carbonyl (C=O) groups excluding carboxylic acids is 2. The topological polar surface area (TPSA) is 139 Å². The molecule has 4 heterocycles. The van der Waals surface area contributed by atoms with E-state index in [4.69, 9.17) is 19.1 Å². The molecule has 262 valence electrons. The summed E-state index contributed by atoms with van der Waals surface area (Å²) in [6.45, 7) is 13.2. The van der Waals surface area contributed by atoms with Crippen molar-refractivity contribution in [2.75, 3.05) is 23.7 Å². The van der Waals surface area contributed by atoms with E-state index >= 15 is 0 Å². The van der Waals surface area contributed by atoms with E-state index in [0.29, 0.717) is 47.1 Å². The molecule has 0 aliphatic carbocycles. The second kappa shape index (κ2) is 13.8. The number of amides is 3. The number of nitrogens with one attached hydrogen (secondary N) is 3. The lowest BCUT2D eigenvalue weighted by Gasteiger charge is -2.33. The van der Waals surface area contributed by atoms with Gasteiger partial charge < -0.3 is 30.0 Å². The van der Waals surface area contributed by atoms with E-state index in [0.717, 1.165) is 29.5 Å². The molecule has 13 heteroatoms. The second-order valence-electron chi connectivity index (χ2n) is 14.5. The molecule has 1 aliphatic rings. The number of pyridine rings is 1. The summed E-state index contributed by atoms with van der Waals surface area (Å²) in [5.74, 6) is 0.664. The van der Waals surface area contributed by atoms with E-state index in [-0.39, 0.29) is 30.0 Å². The zero-order valence-electron chi connectivity index (χ0n) is 29.2. The zero-order valence-corrected chi connectivity index (χ0v) is 29.2. The van der Waals surface area contributed by atoms with Gasteiger partial charge in [0, 0.05) is 60.4 Å². The van der Waals surface area contributed by atoms with Crippen LogP contribution in [0.4, 0.5) is 25.5 Å². The Morgan fingerprint density at radius 3 is 2.42 bits per heavy atom. The van der Waals surface area contributed by atoms with Crippen LogP contribution in [0, 0.1) is 5.82 Å². The molecule has 50 heavy (non-hydrogen) atoms. The van der Waals surface area contributed by atoms with Crippen LogP contribution in [0.1, 0.15) is 66.0 Å². The Hall–Kier alpha value is -5.46. The molecule has 0 unspecified atom stereocenters. The summed E-state index contributed by atoms with van der Waals surface area (Å²) in [6.07, 6.45) is 6.90. The number of piperidine rings is 1. The number of likely N-dealkylation sites (tertiary alicyclic amines) is 1. The number of halogens is 1. The van der Waals surface area contributed by atoms with Crippen molar-refractivity contribution in [3.8, 4) is 22.6 Å². The second-order valence-corrected chi connectivity index (χ2v) is 14.5. The Balaban J connectivity index is 1.19. The number of nitrogens with zero attached hydrogens (tertiary/aromatic N) is 5. The summed E-state index contributed by atoms with van der Waals surface area (Å²) in [7, 11) is 0. The van der Waals surface area contributed by atoms with E-state index < -0.39 is 11.6 Å². The first-order valence-electron chi connectivity index (χ1n) is 16.7. The number of urea groups is 1. The first-order valence-corrected chi connectivity index (χ1v) is 16.7. The third kappa shape index (κ3) is 8.57. The van der Waals surface area contributed by atoms with Gasteiger partial charge >= 0.3 is 12.1 Å². The number of benzene rings is 2. The van der Waals surface area contributed by atoms with Gasteiger partial charge in [-0.25, -0.2) is 23.9 Å². The van der Waals surface area contributed by atoms with Crippen LogP contribution in [-0.4, -0.2) is 61.0 Å². The third-order valence-corrected chi connectivity index (χ3v) is 8.05. The van der Waals surface area contributed by atoms with E-state index in [1.807, 2.05) is 43.9 Å². The van der Waals surface area contributed by atoms with Gasteiger partial charge in [0.25, 0.3) is 0 Å². The van der Waals surface area contributed by atoms with E-state index in [9.17, 15) is 14.0 Å². The number of fused-ring (bicyclic) bond motifs is 1. The highest BCUT2D eigenvalue weighted by Gasteiger charge is 2.28. The molecular formula is C37H43FN8O4. The average molecular weight is 683 g/mol. The number of carbonyl (C=O) groups is 2. The predicted octanol–water partition coefficient (Wildman–Crippen LogP) is 8.00. The number of anilines is 2. The van der Waals surface area contributed by atoms with Crippen LogP contribution in [0.15, 0.2) is 71.5 Å². The zero-order chi connectivity index (χ0) is 35.6. The van der Waals surface area contributed by atoms with Crippen molar-refractivity contribution in [3.05, 3.63) is 78.5 Å². The molecule has 3 aromatic heterocycles. The highest BCUT2D eigenvalue weighted by Crippen LogP contribution is 2.35. The van der Waals surface area contributed by atoms with Crippen molar-refractivity contribution in [1.82, 2.24) is 30.0 Å². The molecule has 6 rings (SSSR count). The van der Waals surface area contributed by atoms with Crippen LogP contribution in [0.2, 0.25) is 0 Å². The quantitative estimate of drug-likeness (QED) is 0.157. The first kappa shape index (κ1) is 34.4. The molecule has 0 radical (unpaired) electrons. The van der Waals surface area contributed by atoms with Crippen molar-refractivity contribution in [2.24, 2.45) is 0 Å². The lowest BCUT2D eigenvalue weighted by atomic mass is 10.0. The molecule has 3 amide bonds. The predicted molar refractivity (Wildman–Crippen MR) is 190 cm³/mol. The Kier molecular flexibility index (Phi) is 9.50. The Morgan fingerprint density at radius 1 is 0.980 bits per heavy atom. The van der Waals surface area contributed by atoms with E-state index in [2.05, 4.69) is 41.8 Å². The highest BCUT2D eigenvalue weighted by molar-refractivity contribution is 5.92. The van der Waals surface area contributed by atoms with Crippen molar-refractivity contribution in [3.63, 3.8) is 0 Å². The highest BCUT2D eigenvalue weighted by atomic mass is 19.1. The molecule has 0 bridgehead atoms. The van der Waals surface area contributed by atoms with Crippen LogP contribution in [0.25, 0.3) is 33.7 Å². The number of rotatable bonds is 7. The fourth-order valence-electron chi connectivity index (χ4n) is 5.64. The summed E-state index contributed by atoms with van der Waals surface area (Å²) < 4.78 is 27.0. The molecule has 1 saturated heterocycles. The fraction of sp³-hybridized carbons (Fsp3) is 0.378. The average Bonchev–Trinajstić information content (AvgIpc) is 3.71. The van der Waals surface area contributed by atoms with Crippen LogP contribution in [0.3, 0.4) is 0 Å². The normalized spacial score (nSPS) is 14.1. The summed E-state index contributed by atoms with van der Waals surface area (Å²) in [5, 5.41) is 13.7. The Morgan fingerprint density at radius 2 is 1.72 bits per heavy atom. The van der Waals surface area contributed by atoms with Gasteiger partial charge in [0.05, 0.1) is 17.8 Å². The van der Waals surface area contributed by atoms with Crippen molar-refractivity contribution >= 4 is 34.7 Å². The van der Waals surface area contributed by atoms with Gasteiger partial charge in [-0.3, -0.25) is 4.68 Å². The van der Waals surface area contributed by atoms with E-state index in [1.54, 1.807) is 41.4 Å². The Bertz CT molecular complexity index is 1980. The molecule has 2 aromatic carbocycles. The van der Waals surface area contributed by atoms with Crippen molar-refractivity contribution < 1.29 is 23.1 Å². The molecule has 0 saturated carbocycles. The smallest absolute Gasteiger partial charge is 0.410 e. The van der Waals surface area contributed by atoms with E-state index in [1.165, 1.54) is 12.1 Å². The monoisotopic (exact) mass is 682 g/mol. The summed E-state index contributed by atoms with van der Waals surface area (Å²) in [4.78, 5) is 36.4. The molecule has 0 atom stereocenters. The number of ether oxygens (including phenoxy) is 1. The lowest BCUT2D eigenvalue weighted by molar-refractivity contribution is 0.0184. The SMILES string of the molecule is CC(C)(C)Nc1ncc(-c2cnn(C3CCN(C(=O)OC(C)(C)C)CC3)c2)cc1-c1nc2ccc(NC(=O)NCc3ccc(F)cc3)cc2o1. The van der Waals surface area contributed by atoms with Gasteiger partial charge in [0.15, 0.2) is 5.58 Å². The summed E-state index contributed by atoms with van der Waals surface area (Å²) >= 11 is 0. The maximum Gasteiger partial charge on any atom is 0.410 e. The molecule has 0 spiro atoms. The minimum absolute atomic E-state index is 0.154. The van der Waals surface area contributed by atoms with Gasteiger partial charge in [-0.2, -0.15) is 5.10 Å². The van der Waals surface area contributed by atoms with Gasteiger partial charge in [-0.1, -0.05) is 12.1 Å². The van der Waals surface area contributed by atoms with Gasteiger partial charge in [0.1, 0.15) is 22.8 Å². The standard InChI is InChI=1S/C37H43FN8O4/c1-36(2,3)44-32-29(33-43-30-12-11-27(18-31(30)49-33)42-34(47)40-19-23-7-9-26(38)10-8-23)17-24(20-39-32)25-21-41-46(22-25)28-13-15-45(16-14-28)35(48)50-37(4,5)6/h7-12,17-18,20-22,28H,13-16,19H2,1-6H3,(H,39,44)(H2,40,42,47). The minimum atomic E-state index is -0.528. The minimum Gasteiger partial charge on any atom is -0.444 e. The third-order valence-electron chi connectivity index (χ3n) is 8.05. The number of oxazole rings is 1. The van der Waals surface area contributed by atoms with Crippen molar-refractivity contribution in [2.45, 2.75) is 78.1 Å². The lowest BCUT2D eigenvalue weighted by Crippen LogP contribution is -2.42. The fourth-order valence-corrected chi connectivity index (χ4v) is 5.64. The maximum absolute atomic E-state index is 13.2. The van der Waals surface area contributed by atoms with Crippen LogP contribution in [-0.2, 0) is 11.3 Å². The summed E-state index contributed by atoms with van der Waals surface area (Å²) in [6, 6.07) is 12.9. The molecule has 1 fully saturated rings.